The number of hydrogen-bond acceptors (Lipinski definition) is 6. The van der Waals surface area contributed by atoms with E-state index in [0.29, 0.717) is 34.1 Å². The van der Waals surface area contributed by atoms with E-state index in [4.69, 9.17) is 9.47 Å². The van der Waals surface area contributed by atoms with Crippen LogP contribution in [0.15, 0.2) is 109 Å². The zero-order valence-electron chi connectivity index (χ0n) is 23.2. The number of ether oxygens (including phenoxy) is 2. The number of aryl methyl sites for hydroxylation is 1. The maximum absolute atomic E-state index is 13.4. The third-order valence-electron chi connectivity index (χ3n) is 7.30. The van der Waals surface area contributed by atoms with E-state index in [1.54, 1.807) is 72.8 Å². The molecule has 0 saturated carbocycles. The van der Waals surface area contributed by atoms with Gasteiger partial charge in [-0.25, -0.2) is 4.90 Å². The van der Waals surface area contributed by atoms with Crippen LogP contribution >= 0.6 is 0 Å². The minimum absolute atomic E-state index is 0. The molecule has 0 aliphatic carbocycles. The third kappa shape index (κ3) is 5.17. The fourth-order valence-corrected chi connectivity index (χ4v) is 5.10. The van der Waals surface area contributed by atoms with Crippen molar-refractivity contribution in [3.05, 3.63) is 142 Å². The third-order valence-corrected chi connectivity index (χ3v) is 7.30. The van der Waals surface area contributed by atoms with Crippen LogP contribution in [-0.4, -0.2) is 23.6 Å². The molecule has 1 radical (unpaired) electrons. The monoisotopic (exact) mass is 616 g/mol. The molecule has 0 N–H and O–H groups in total. The first-order valence-electron chi connectivity index (χ1n) is 13.4. The van der Waals surface area contributed by atoms with Crippen LogP contribution in [0.2, 0.25) is 0 Å². The van der Waals surface area contributed by atoms with Crippen molar-refractivity contribution < 1.29 is 47.2 Å². The van der Waals surface area contributed by atoms with E-state index in [2.05, 4.69) is 5.32 Å². The summed E-state index contributed by atoms with van der Waals surface area (Å²) in [6.07, 6.45) is 0. The zero-order chi connectivity index (χ0) is 29.7. The maximum atomic E-state index is 13.4. The van der Waals surface area contributed by atoms with Crippen molar-refractivity contribution in [1.82, 2.24) is 0 Å². The molecule has 0 spiro atoms. The van der Waals surface area contributed by atoms with E-state index in [1.165, 1.54) is 0 Å². The van der Waals surface area contributed by atoms with Gasteiger partial charge in [0.1, 0.15) is 23.0 Å². The number of fused-ring (bicyclic) bond motifs is 2. The van der Waals surface area contributed by atoms with Crippen molar-refractivity contribution in [2.24, 2.45) is 0 Å². The SMILES string of the molecule is Cc1ccc(Oc2cccc(Oc3ccc(N4C(=O)c5ccc(-c6ccc7c(c6)C(=O)[N-]C7=O)cc5C4=O)cc3)c2)cc1.[V]. The number of hydrogen-bond donors (Lipinski definition) is 0. The first-order valence-corrected chi connectivity index (χ1v) is 13.4. The van der Waals surface area contributed by atoms with Crippen LogP contribution < -0.4 is 14.4 Å². The molecular formula is C35H21N2O6V-. The van der Waals surface area contributed by atoms with Gasteiger partial charge in [0.2, 0.25) is 0 Å². The number of anilines is 1. The largest absolute Gasteiger partial charge is 0.587 e. The molecule has 0 aromatic heterocycles. The summed E-state index contributed by atoms with van der Waals surface area (Å²) in [5.74, 6) is 0.385. The Morgan fingerprint density at radius 1 is 0.523 bits per heavy atom. The molecule has 5 aromatic carbocycles. The molecule has 0 fully saturated rings. The van der Waals surface area contributed by atoms with Crippen LogP contribution in [0.3, 0.4) is 0 Å². The molecule has 2 heterocycles. The smallest absolute Gasteiger partial charge is 0.266 e. The summed E-state index contributed by atoms with van der Waals surface area (Å²) in [5.41, 5.74) is 3.82. The zero-order valence-corrected chi connectivity index (χ0v) is 24.6. The summed E-state index contributed by atoms with van der Waals surface area (Å²) in [7, 11) is 0. The minimum atomic E-state index is -0.587. The topological polar surface area (TPSA) is 104 Å². The molecule has 0 bridgehead atoms. The van der Waals surface area contributed by atoms with Gasteiger partial charge >= 0.3 is 0 Å². The summed E-state index contributed by atoms with van der Waals surface area (Å²) >= 11 is 0. The molecule has 0 atom stereocenters. The van der Waals surface area contributed by atoms with E-state index in [-0.39, 0.29) is 40.8 Å². The van der Waals surface area contributed by atoms with E-state index in [1.807, 2.05) is 43.3 Å². The molecule has 5 aromatic rings. The average Bonchev–Trinajstić information content (AvgIpc) is 3.44. The van der Waals surface area contributed by atoms with E-state index in [9.17, 15) is 19.2 Å². The van der Waals surface area contributed by atoms with Gasteiger partial charge in [-0.15, -0.1) is 0 Å². The van der Waals surface area contributed by atoms with E-state index in [0.717, 1.165) is 16.2 Å². The standard InChI is InChI=1S/C35H22N2O6.V/c1-20-5-11-24(12-6-20)42-26-3-2-4-27(19-26)43-25-13-9-23(10-14-25)37-34(40)29-16-8-22(18-31(29)35(37)41)21-7-15-28-30(17-21)33(39)36-32(28)38;/h2-19H,1H3,(H,36,38,39);/p-1. The van der Waals surface area contributed by atoms with Crippen molar-refractivity contribution in [2.45, 2.75) is 6.92 Å². The molecule has 2 aliphatic rings. The Bertz CT molecular complexity index is 1990. The van der Waals surface area contributed by atoms with Gasteiger partial charge in [-0.1, -0.05) is 42.0 Å². The molecule has 0 unspecified atom stereocenters. The second-order valence-corrected chi connectivity index (χ2v) is 10.2. The van der Waals surface area contributed by atoms with Crippen LogP contribution in [0.4, 0.5) is 5.69 Å². The fourth-order valence-electron chi connectivity index (χ4n) is 5.10. The molecule has 44 heavy (non-hydrogen) atoms. The van der Waals surface area contributed by atoms with Gasteiger partial charge in [0.05, 0.1) is 28.6 Å². The summed E-state index contributed by atoms with van der Waals surface area (Å²) in [4.78, 5) is 51.6. The van der Waals surface area contributed by atoms with Crippen LogP contribution in [0.25, 0.3) is 16.4 Å². The number of benzene rings is 5. The second kappa shape index (κ2) is 11.3. The second-order valence-electron chi connectivity index (χ2n) is 10.2. The van der Waals surface area contributed by atoms with Gasteiger partial charge in [0, 0.05) is 35.7 Å². The number of carbonyl (C=O) groups excluding carboxylic acids is 4. The normalized spacial score (nSPS) is 13.2. The summed E-state index contributed by atoms with van der Waals surface area (Å²) < 4.78 is 11.9. The summed E-state index contributed by atoms with van der Waals surface area (Å²) in [6.45, 7) is 2.01. The molecule has 9 heteroatoms. The van der Waals surface area contributed by atoms with Crippen molar-refractivity contribution in [1.29, 1.82) is 0 Å². The minimum Gasteiger partial charge on any atom is -0.587 e. The van der Waals surface area contributed by atoms with Crippen LogP contribution in [-0.2, 0) is 18.6 Å². The van der Waals surface area contributed by atoms with Crippen LogP contribution in [0.5, 0.6) is 23.0 Å². The number of imide groups is 2. The van der Waals surface area contributed by atoms with Gasteiger partial charge in [-0.2, -0.15) is 0 Å². The predicted molar refractivity (Wildman–Crippen MR) is 159 cm³/mol. The Kier molecular flexibility index (Phi) is 7.39. The van der Waals surface area contributed by atoms with Crippen molar-refractivity contribution >= 4 is 29.3 Å². The number of amides is 4. The van der Waals surface area contributed by atoms with Crippen molar-refractivity contribution in [3.8, 4) is 34.1 Å². The van der Waals surface area contributed by atoms with Crippen LogP contribution in [0, 0.1) is 6.92 Å². The number of rotatable bonds is 6. The predicted octanol–water partition coefficient (Wildman–Crippen LogP) is 7.71. The first kappa shape index (κ1) is 28.7. The molecular weight excluding hydrogens is 595 g/mol. The van der Waals surface area contributed by atoms with Gasteiger partial charge in [0.15, 0.2) is 0 Å². The van der Waals surface area contributed by atoms with E-state index >= 15 is 0 Å². The van der Waals surface area contributed by atoms with Gasteiger partial charge in [0.25, 0.3) is 11.8 Å². The van der Waals surface area contributed by atoms with Gasteiger partial charge < -0.3 is 24.4 Å². The molecule has 7 rings (SSSR count). The number of carbonyl (C=O) groups is 4. The Hall–Kier alpha value is -5.44. The van der Waals surface area contributed by atoms with Crippen molar-refractivity contribution in [2.75, 3.05) is 4.90 Å². The Morgan fingerprint density at radius 2 is 1.05 bits per heavy atom. The molecule has 0 saturated heterocycles. The van der Waals surface area contributed by atoms with Gasteiger partial charge in [-0.05, 0) is 84.8 Å². The Labute approximate surface area is 264 Å². The molecule has 8 nitrogen and oxygen atoms in total. The number of nitrogens with zero attached hydrogens (tertiary/aromatic N) is 2. The molecule has 2 aliphatic heterocycles. The Balaban J connectivity index is 0.00000343. The van der Waals surface area contributed by atoms with Crippen molar-refractivity contribution in [3.63, 3.8) is 0 Å². The quantitative estimate of drug-likeness (QED) is 0.181. The van der Waals surface area contributed by atoms with Gasteiger partial charge in [-0.3, -0.25) is 9.59 Å². The summed E-state index contributed by atoms with van der Waals surface area (Å²) in [5, 5.41) is 3.47. The maximum Gasteiger partial charge on any atom is 0.266 e. The van der Waals surface area contributed by atoms with Crippen LogP contribution in [0.1, 0.15) is 47.0 Å². The summed E-state index contributed by atoms with van der Waals surface area (Å²) in [6, 6.07) is 31.4. The first-order chi connectivity index (χ1) is 20.8. The van der Waals surface area contributed by atoms with E-state index < -0.39 is 23.6 Å². The molecule has 4 amide bonds. The molecule has 213 valence electrons. The average molecular weight is 617 g/mol. The Morgan fingerprint density at radius 3 is 1.68 bits per heavy atom. The fraction of sp³-hybridized carbons (Fsp3) is 0.0286.